The molecule has 2 aliphatic rings. The molecule has 1 aromatic rings. The number of benzene rings is 1. The molecule has 5 heteroatoms. The molecule has 1 saturated carbocycles. The summed E-state index contributed by atoms with van der Waals surface area (Å²) in [5.41, 5.74) is 1.78. The summed E-state index contributed by atoms with van der Waals surface area (Å²) in [7, 11) is 0. The highest BCUT2D eigenvalue weighted by atomic mass is 35.5. The quantitative estimate of drug-likeness (QED) is 0.543. The van der Waals surface area contributed by atoms with Gasteiger partial charge in [-0.15, -0.1) is 0 Å². The van der Waals surface area contributed by atoms with Crippen LogP contribution in [-0.4, -0.2) is 23.7 Å². The highest BCUT2D eigenvalue weighted by molar-refractivity contribution is 6.31. The van der Waals surface area contributed by atoms with Gasteiger partial charge < -0.3 is 16.0 Å². The van der Waals surface area contributed by atoms with Crippen molar-refractivity contribution in [3.8, 4) is 0 Å². The Morgan fingerprint density at radius 2 is 2.26 bits per heavy atom. The molecule has 1 spiro atoms. The van der Waals surface area contributed by atoms with E-state index >= 15 is 0 Å². The van der Waals surface area contributed by atoms with Gasteiger partial charge in [0.05, 0.1) is 12.3 Å². The lowest BCUT2D eigenvalue weighted by Crippen LogP contribution is -2.96. The van der Waals surface area contributed by atoms with Crippen LogP contribution in [0.25, 0.3) is 0 Å². The van der Waals surface area contributed by atoms with Crippen LogP contribution in [0.3, 0.4) is 0 Å². The van der Waals surface area contributed by atoms with E-state index in [0.29, 0.717) is 16.4 Å². The maximum absolute atomic E-state index is 11.8. The number of nitrogens with one attached hydrogen (secondary N) is 2. The van der Waals surface area contributed by atoms with Gasteiger partial charge in [-0.3, -0.25) is 4.79 Å². The standard InChI is InChI=1S/C14H14ClN3O/c15-10-3-1-2-9(6-10)11(16)7-12-13(19)17-8-14(18-12)4-5-14/h1-3,6-7,16,18H,4-5,8H2,(H,17,19)/p+1. The molecule has 4 nitrogen and oxygen atoms in total. The fourth-order valence-electron chi connectivity index (χ4n) is 2.29. The predicted octanol–water partition coefficient (Wildman–Crippen LogP) is 0.818. The van der Waals surface area contributed by atoms with Crippen LogP contribution >= 0.6 is 11.6 Å². The summed E-state index contributed by atoms with van der Waals surface area (Å²) in [4.78, 5) is 11.8. The van der Waals surface area contributed by atoms with Crippen molar-refractivity contribution < 1.29 is 10.1 Å². The molecular formula is C14H15ClN3O+. The van der Waals surface area contributed by atoms with Crippen LogP contribution in [0.5, 0.6) is 0 Å². The second-order valence-corrected chi connectivity index (χ2v) is 5.65. The van der Waals surface area contributed by atoms with E-state index in [2.05, 4.69) is 5.32 Å². The Bertz CT molecular complexity index is 590. The van der Waals surface area contributed by atoms with Gasteiger partial charge >= 0.3 is 5.91 Å². The SMILES string of the molecule is N=C(C=C1[NH2+]C2(CC2)CNC1=O)c1cccc(Cl)c1. The third-order valence-corrected chi connectivity index (χ3v) is 3.89. The summed E-state index contributed by atoms with van der Waals surface area (Å²) in [5, 5.41) is 13.6. The zero-order chi connectivity index (χ0) is 13.5. The minimum absolute atomic E-state index is 0.0932. The maximum atomic E-state index is 11.8. The highest BCUT2D eigenvalue weighted by Crippen LogP contribution is 2.31. The molecule has 1 aliphatic carbocycles. The normalized spacial score (nSPS) is 22.4. The van der Waals surface area contributed by atoms with E-state index in [0.717, 1.165) is 24.9 Å². The number of hydrogen-bond acceptors (Lipinski definition) is 2. The van der Waals surface area contributed by atoms with Gasteiger partial charge in [0.15, 0.2) is 5.70 Å². The van der Waals surface area contributed by atoms with Gasteiger partial charge in [-0.1, -0.05) is 23.7 Å². The number of halogens is 1. The van der Waals surface area contributed by atoms with Crippen LogP contribution in [-0.2, 0) is 4.79 Å². The number of rotatable bonds is 2. The van der Waals surface area contributed by atoms with Crippen molar-refractivity contribution in [3.63, 3.8) is 0 Å². The number of allylic oxidation sites excluding steroid dienone is 1. The predicted molar refractivity (Wildman–Crippen MR) is 73.3 cm³/mol. The first kappa shape index (κ1) is 12.4. The van der Waals surface area contributed by atoms with Crippen molar-refractivity contribution in [2.24, 2.45) is 0 Å². The average Bonchev–Trinajstić information content (AvgIpc) is 3.14. The molecule has 2 fully saturated rings. The summed E-state index contributed by atoms with van der Waals surface area (Å²) in [5.74, 6) is -0.0932. The highest BCUT2D eigenvalue weighted by Gasteiger charge is 2.51. The Labute approximate surface area is 116 Å². The molecule has 98 valence electrons. The van der Waals surface area contributed by atoms with Gasteiger partial charge in [-0.05, 0) is 12.1 Å². The second-order valence-electron chi connectivity index (χ2n) is 5.21. The van der Waals surface area contributed by atoms with E-state index in [1.807, 2.05) is 11.4 Å². The van der Waals surface area contributed by atoms with E-state index in [9.17, 15) is 4.79 Å². The third-order valence-electron chi connectivity index (χ3n) is 3.65. The molecule has 1 aromatic carbocycles. The molecule has 0 radical (unpaired) electrons. The summed E-state index contributed by atoms with van der Waals surface area (Å²) in [6.07, 6.45) is 3.87. The Morgan fingerprint density at radius 3 is 2.95 bits per heavy atom. The monoisotopic (exact) mass is 276 g/mol. The minimum Gasteiger partial charge on any atom is -0.341 e. The number of piperazine rings is 1. The minimum atomic E-state index is -0.0932. The van der Waals surface area contributed by atoms with Gasteiger partial charge in [-0.2, -0.15) is 0 Å². The molecule has 1 heterocycles. The van der Waals surface area contributed by atoms with E-state index < -0.39 is 0 Å². The zero-order valence-electron chi connectivity index (χ0n) is 10.4. The van der Waals surface area contributed by atoms with Crippen molar-refractivity contribution in [2.45, 2.75) is 18.4 Å². The maximum Gasteiger partial charge on any atom is 0.305 e. The van der Waals surface area contributed by atoms with Gasteiger partial charge in [0, 0.05) is 29.5 Å². The molecule has 1 aliphatic heterocycles. The first-order valence-electron chi connectivity index (χ1n) is 6.28. The van der Waals surface area contributed by atoms with Crippen LogP contribution in [0, 0.1) is 5.41 Å². The topological polar surface area (TPSA) is 69.6 Å². The smallest absolute Gasteiger partial charge is 0.305 e. The van der Waals surface area contributed by atoms with Gasteiger partial charge in [0.1, 0.15) is 5.54 Å². The van der Waals surface area contributed by atoms with Crippen molar-refractivity contribution in [2.75, 3.05) is 6.54 Å². The first-order valence-corrected chi connectivity index (χ1v) is 6.66. The van der Waals surface area contributed by atoms with Crippen LogP contribution in [0.4, 0.5) is 0 Å². The number of carbonyl (C=O) groups is 1. The van der Waals surface area contributed by atoms with E-state index in [4.69, 9.17) is 17.0 Å². The van der Waals surface area contributed by atoms with E-state index in [1.54, 1.807) is 24.3 Å². The molecular weight excluding hydrogens is 262 g/mol. The number of hydrogen-bond donors (Lipinski definition) is 3. The molecule has 0 aromatic heterocycles. The summed E-state index contributed by atoms with van der Waals surface area (Å²) in [6.45, 7) is 0.730. The number of quaternary nitrogens is 1. The van der Waals surface area contributed by atoms with Crippen LogP contribution in [0.2, 0.25) is 5.02 Å². The van der Waals surface area contributed by atoms with Crippen molar-refractivity contribution in [1.82, 2.24) is 5.32 Å². The van der Waals surface area contributed by atoms with Crippen molar-refractivity contribution in [3.05, 3.63) is 46.6 Å². The molecule has 0 atom stereocenters. The summed E-state index contributed by atoms with van der Waals surface area (Å²) < 4.78 is 0. The first-order chi connectivity index (χ1) is 9.08. The number of nitrogens with two attached hydrogens (primary N) is 1. The molecule has 0 bridgehead atoms. The summed E-state index contributed by atoms with van der Waals surface area (Å²) in [6, 6.07) is 7.12. The number of amides is 1. The third kappa shape index (κ3) is 2.55. The average molecular weight is 277 g/mol. The molecule has 3 rings (SSSR count). The van der Waals surface area contributed by atoms with Crippen LogP contribution < -0.4 is 10.6 Å². The molecule has 0 unspecified atom stereocenters. The molecule has 1 saturated heterocycles. The van der Waals surface area contributed by atoms with Crippen molar-refractivity contribution in [1.29, 1.82) is 5.41 Å². The van der Waals surface area contributed by atoms with E-state index in [1.165, 1.54) is 0 Å². The number of carbonyl (C=O) groups excluding carboxylic acids is 1. The zero-order valence-corrected chi connectivity index (χ0v) is 11.1. The molecule has 1 amide bonds. The lowest BCUT2D eigenvalue weighted by molar-refractivity contribution is -0.655. The molecule has 19 heavy (non-hydrogen) atoms. The Hall–Kier alpha value is -1.65. The van der Waals surface area contributed by atoms with Gasteiger partial charge in [-0.25, -0.2) is 0 Å². The Morgan fingerprint density at radius 1 is 1.47 bits per heavy atom. The Balaban J connectivity index is 1.83. The lowest BCUT2D eigenvalue weighted by Gasteiger charge is -2.21. The van der Waals surface area contributed by atoms with Crippen molar-refractivity contribution >= 4 is 23.2 Å². The van der Waals surface area contributed by atoms with E-state index in [-0.39, 0.29) is 11.4 Å². The van der Waals surface area contributed by atoms with Crippen LogP contribution in [0.1, 0.15) is 18.4 Å². The van der Waals surface area contributed by atoms with Gasteiger partial charge in [0.2, 0.25) is 0 Å². The van der Waals surface area contributed by atoms with Crippen LogP contribution in [0.15, 0.2) is 36.0 Å². The fourth-order valence-corrected chi connectivity index (χ4v) is 2.48. The van der Waals surface area contributed by atoms with Gasteiger partial charge in [0.25, 0.3) is 0 Å². The molecule has 4 N–H and O–H groups in total. The Kier molecular flexibility index (Phi) is 2.92. The second kappa shape index (κ2) is 4.47. The lowest BCUT2D eigenvalue weighted by atomic mass is 10.1. The summed E-state index contributed by atoms with van der Waals surface area (Å²) >= 11 is 5.91. The largest absolute Gasteiger partial charge is 0.341 e. The fraction of sp³-hybridized carbons (Fsp3) is 0.286.